The second-order valence-electron chi connectivity index (χ2n) is 10.1. The minimum atomic E-state index is -1.14. The Morgan fingerprint density at radius 1 is 0.562 bits per heavy atom. The Labute approximate surface area is 272 Å². The summed E-state index contributed by atoms with van der Waals surface area (Å²) in [6, 6.07) is 25.7. The summed E-state index contributed by atoms with van der Waals surface area (Å²) < 4.78 is 17.2. The van der Waals surface area contributed by atoms with Crippen molar-refractivity contribution in [1.29, 1.82) is 47.4 Å². The Kier molecular flexibility index (Phi) is 7.74. The molecular formula is C37H10FN9O. The highest BCUT2D eigenvalue weighted by atomic mass is 19.1. The molecule has 0 bridgehead atoms. The van der Waals surface area contributed by atoms with Crippen LogP contribution in [0.2, 0.25) is 0 Å². The number of halogens is 1. The van der Waals surface area contributed by atoms with Gasteiger partial charge in [-0.1, -0.05) is 12.1 Å². The zero-order chi connectivity index (χ0) is 34.9. The molecule has 5 rings (SSSR count). The molecule has 3 aromatic rings. The zero-order valence-corrected chi connectivity index (χ0v) is 24.4. The van der Waals surface area contributed by atoms with Gasteiger partial charge in [0.1, 0.15) is 65.5 Å². The Hall–Kier alpha value is -8.37. The lowest BCUT2D eigenvalue weighted by Gasteiger charge is -2.13. The minimum absolute atomic E-state index is 0.00915. The summed E-state index contributed by atoms with van der Waals surface area (Å²) in [6.45, 7) is 1.25. The standard InChI is InChI=1S/C37H10FN9O/c1-18(48)26-5-4-20(7-23(26)11-41)32-30(17-47)35-28(33(32)24(12-42)13-43)8-27-29(16-46)31(19-2-3-21(9-39)22(6-19)10-40)34(25(14-44)15-45)36(27)37(35)38/h2-8H,1H3. The fourth-order valence-electron chi connectivity index (χ4n) is 5.88. The topological polar surface area (TPSA) is 231 Å². The molecule has 0 unspecified atom stereocenters. The van der Waals surface area contributed by atoms with Gasteiger partial charge in [-0.3, -0.25) is 4.79 Å². The van der Waals surface area contributed by atoms with Crippen molar-refractivity contribution in [3.8, 4) is 54.6 Å². The highest BCUT2D eigenvalue weighted by Crippen LogP contribution is 2.55. The number of Topliss-reactive ketones (excluding diaryl/α,β-unsaturated/α-hetero) is 1. The molecule has 216 valence electrons. The molecule has 0 atom stereocenters. The van der Waals surface area contributed by atoms with Gasteiger partial charge in [-0.15, -0.1) is 0 Å². The molecule has 0 radical (unpaired) electrons. The number of carbonyl (C=O) groups excluding carboxylic acids is 1. The highest BCUT2D eigenvalue weighted by molar-refractivity contribution is 6.30. The Morgan fingerprint density at radius 3 is 1.60 bits per heavy atom. The smallest absolute Gasteiger partial charge is 0.161 e. The SMILES string of the molecule is CC(=O)c1ccc(C2=C(C#N)c3c(cc4c(c3F)C(=C(C#N)C#N)C(c3ccc(C#N)c(C#N)c3)=C4C#N)C2=C(C#N)C#N)cc1C#N. The van der Waals surface area contributed by atoms with Gasteiger partial charge in [0, 0.05) is 44.5 Å². The first-order chi connectivity index (χ1) is 23.2. The van der Waals surface area contributed by atoms with Crippen molar-refractivity contribution >= 4 is 39.2 Å². The number of hydrogen-bond acceptors (Lipinski definition) is 10. The molecule has 0 spiro atoms. The second-order valence-corrected chi connectivity index (χ2v) is 10.1. The largest absolute Gasteiger partial charge is 0.294 e. The molecule has 0 fully saturated rings. The monoisotopic (exact) mass is 615 g/mol. The van der Waals surface area contributed by atoms with Crippen LogP contribution in [0.4, 0.5) is 4.39 Å². The first kappa shape index (κ1) is 31.1. The number of benzene rings is 3. The van der Waals surface area contributed by atoms with Gasteiger partial charge < -0.3 is 0 Å². The predicted molar refractivity (Wildman–Crippen MR) is 165 cm³/mol. The molecule has 3 aromatic carbocycles. The van der Waals surface area contributed by atoms with Gasteiger partial charge in [0.2, 0.25) is 0 Å². The average Bonchev–Trinajstić information content (AvgIpc) is 3.62. The number of rotatable bonds is 3. The first-order valence-electron chi connectivity index (χ1n) is 13.5. The van der Waals surface area contributed by atoms with E-state index in [9.17, 15) is 52.2 Å². The number of carbonyl (C=O) groups is 1. The lowest BCUT2D eigenvalue weighted by atomic mass is 9.89. The summed E-state index contributed by atoms with van der Waals surface area (Å²) in [4.78, 5) is 12.1. The van der Waals surface area contributed by atoms with E-state index < -0.39 is 22.7 Å². The van der Waals surface area contributed by atoms with E-state index in [1.54, 1.807) is 24.3 Å². The van der Waals surface area contributed by atoms with Gasteiger partial charge in [0.05, 0.1) is 33.9 Å². The Balaban J connectivity index is 1.97. The van der Waals surface area contributed by atoms with Gasteiger partial charge in [0.15, 0.2) is 5.78 Å². The highest BCUT2D eigenvalue weighted by Gasteiger charge is 2.41. The molecule has 2 aliphatic carbocycles. The second kappa shape index (κ2) is 12.0. The van der Waals surface area contributed by atoms with Crippen molar-refractivity contribution in [2.45, 2.75) is 6.92 Å². The maximum absolute atomic E-state index is 17.2. The van der Waals surface area contributed by atoms with Crippen LogP contribution in [0.3, 0.4) is 0 Å². The van der Waals surface area contributed by atoms with E-state index in [0.717, 1.165) is 0 Å². The van der Waals surface area contributed by atoms with Gasteiger partial charge in [-0.25, -0.2) is 4.39 Å². The third-order valence-corrected chi connectivity index (χ3v) is 7.83. The number of hydrogen-bond donors (Lipinski definition) is 0. The van der Waals surface area contributed by atoms with Crippen LogP contribution < -0.4 is 0 Å². The van der Waals surface area contributed by atoms with Crippen LogP contribution in [0.25, 0.3) is 33.4 Å². The van der Waals surface area contributed by atoms with E-state index in [4.69, 9.17) is 0 Å². The van der Waals surface area contributed by atoms with E-state index in [0.29, 0.717) is 0 Å². The van der Waals surface area contributed by atoms with Crippen LogP contribution in [0.1, 0.15) is 67.4 Å². The van der Waals surface area contributed by atoms with Crippen LogP contribution in [0, 0.1) is 108 Å². The maximum Gasteiger partial charge on any atom is 0.161 e. The summed E-state index contributed by atoms with van der Waals surface area (Å²) in [5.74, 6) is -1.56. The number of fused-ring (bicyclic) bond motifs is 2. The van der Waals surface area contributed by atoms with Crippen molar-refractivity contribution in [3.05, 3.63) is 115 Å². The van der Waals surface area contributed by atoms with E-state index in [1.807, 2.05) is 30.3 Å². The van der Waals surface area contributed by atoms with Crippen molar-refractivity contribution in [1.82, 2.24) is 0 Å². The molecule has 48 heavy (non-hydrogen) atoms. The van der Waals surface area contributed by atoms with Crippen LogP contribution in [-0.2, 0) is 0 Å². The average molecular weight is 616 g/mol. The Morgan fingerprint density at radius 2 is 1.08 bits per heavy atom. The van der Waals surface area contributed by atoms with Crippen LogP contribution >= 0.6 is 0 Å². The molecule has 11 heteroatoms. The molecule has 10 nitrogen and oxygen atoms in total. The number of allylic oxidation sites excluding steroid dienone is 8. The summed E-state index contributed by atoms with van der Waals surface area (Å²) in [5, 5.41) is 89.4. The molecule has 0 aliphatic heterocycles. The van der Waals surface area contributed by atoms with Crippen LogP contribution in [0.15, 0.2) is 53.6 Å². The Bertz CT molecular complexity index is 2610. The summed E-state index contributed by atoms with van der Waals surface area (Å²) in [5.41, 5.74) is -3.19. The van der Waals surface area contributed by atoms with E-state index in [2.05, 4.69) is 0 Å². The quantitative estimate of drug-likeness (QED) is 0.241. The zero-order valence-electron chi connectivity index (χ0n) is 24.4. The van der Waals surface area contributed by atoms with Gasteiger partial charge >= 0.3 is 0 Å². The van der Waals surface area contributed by atoms with Crippen LogP contribution in [-0.4, -0.2) is 5.78 Å². The van der Waals surface area contributed by atoms with Gasteiger partial charge in [-0.2, -0.15) is 47.4 Å². The number of nitrogens with zero attached hydrogens (tertiary/aromatic N) is 9. The molecule has 0 amide bonds. The predicted octanol–water partition coefficient (Wildman–Crippen LogP) is 6.14. The number of ketones is 1. The minimum Gasteiger partial charge on any atom is -0.294 e. The van der Waals surface area contributed by atoms with Crippen molar-refractivity contribution in [2.75, 3.05) is 0 Å². The molecule has 0 heterocycles. The molecule has 0 aromatic heterocycles. The van der Waals surface area contributed by atoms with Gasteiger partial charge in [-0.05, 0) is 53.9 Å². The van der Waals surface area contributed by atoms with Crippen molar-refractivity contribution < 1.29 is 9.18 Å². The fraction of sp³-hybridized carbons (Fsp3) is 0.0270. The lowest BCUT2D eigenvalue weighted by molar-refractivity contribution is 0.101. The summed E-state index contributed by atoms with van der Waals surface area (Å²) >= 11 is 0. The molecule has 0 N–H and O–H groups in total. The molecular weight excluding hydrogens is 605 g/mol. The third kappa shape index (κ3) is 4.36. The third-order valence-electron chi connectivity index (χ3n) is 7.83. The summed E-state index contributed by atoms with van der Waals surface area (Å²) in [7, 11) is 0. The molecule has 2 aliphatic rings. The van der Waals surface area contributed by atoms with Gasteiger partial charge in [0.25, 0.3) is 0 Å². The summed E-state index contributed by atoms with van der Waals surface area (Å²) in [6.07, 6.45) is 0. The van der Waals surface area contributed by atoms with Crippen molar-refractivity contribution in [3.63, 3.8) is 0 Å². The first-order valence-corrected chi connectivity index (χ1v) is 13.5. The fourth-order valence-corrected chi connectivity index (χ4v) is 5.88. The molecule has 0 saturated carbocycles. The van der Waals surface area contributed by atoms with E-state index in [1.165, 1.54) is 49.4 Å². The molecule has 0 saturated heterocycles. The maximum atomic E-state index is 17.2. The van der Waals surface area contributed by atoms with E-state index >= 15 is 4.39 Å². The van der Waals surface area contributed by atoms with Crippen molar-refractivity contribution in [2.24, 2.45) is 0 Å². The van der Waals surface area contributed by atoms with E-state index in [-0.39, 0.29) is 89.1 Å². The number of nitriles is 9. The normalized spacial score (nSPS) is 12.0. The lowest BCUT2D eigenvalue weighted by Crippen LogP contribution is -2.01. The van der Waals surface area contributed by atoms with Crippen LogP contribution in [0.5, 0.6) is 0 Å².